The summed E-state index contributed by atoms with van der Waals surface area (Å²) in [7, 11) is 1.63. The van der Waals surface area contributed by atoms with E-state index in [1.165, 1.54) is 11.1 Å². The molecule has 0 radical (unpaired) electrons. The van der Waals surface area contributed by atoms with Crippen LogP contribution in [0.4, 0.5) is 0 Å². The summed E-state index contributed by atoms with van der Waals surface area (Å²) in [5.41, 5.74) is 3.37. The van der Waals surface area contributed by atoms with Crippen LogP contribution in [0, 0.1) is 0 Å². The molecule has 1 amide bonds. The van der Waals surface area contributed by atoms with Crippen LogP contribution in [0.5, 0.6) is 5.75 Å². The molecule has 0 atom stereocenters. The van der Waals surface area contributed by atoms with Crippen LogP contribution in [0.25, 0.3) is 11.4 Å². The number of hydrogen-bond acceptors (Lipinski definition) is 5. The molecule has 4 aromatic rings. The van der Waals surface area contributed by atoms with Crippen molar-refractivity contribution in [2.24, 2.45) is 0 Å². The van der Waals surface area contributed by atoms with Crippen LogP contribution in [0.15, 0.2) is 89.5 Å². The zero-order chi connectivity index (χ0) is 23.6. The monoisotopic (exact) mass is 455 g/mol. The van der Waals surface area contributed by atoms with Crippen LogP contribution in [0.3, 0.4) is 0 Å². The lowest BCUT2D eigenvalue weighted by molar-refractivity contribution is -0.121. The molecule has 3 aromatic carbocycles. The zero-order valence-electron chi connectivity index (χ0n) is 19.3. The number of hydrogen-bond donors (Lipinski definition) is 1. The van der Waals surface area contributed by atoms with Gasteiger partial charge in [-0.25, -0.2) is 0 Å². The molecule has 34 heavy (non-hydrogen) atoms. The molecule has 0 unspecified atom stereocenters. The Balaban J connectivity index is 1.23. The molecule has 1 N–H and O–H groups in total. The minimum atomic E-state index is 0.0368. The fraction of sp³-hybridized carbons (Fsp3) is 0.250. The first-order valence-electron chi connectivity index (χ1n) is 11.6. The lowest BCUT2D eigenvalue weighted by Gasteiger charge is -2.18. The van der Waals surface area contributed by atoms with Crippen LogP contribution >= 0.6 is 0 Å². The summed E-state index contributed by atoms with van der Waals surface area (Å²) >= 11 is 0. The molecule has 0 aliphatic rings. The zero-order valence-corrected chi connectivity index (χ0v) is 19.3. The van der Waals surface area contributed by atoms with Gasteiger partial charge in [-0.05, 0) is 48.2 Å². The van der Waals surface area contributed by atoms with Gasteiger partial charge in [-0.2, -0.15) is 4.98 Å². The van der Waals surface area contributed by atoms with E-state index in [4.69, 9.17) is 9.26 Å². The number of nitrogens with zero attached hydrogens (tertiary/aromatic N) is 2. The maximum absolute atomic E-state index is 12.4. The molecule has 0 bridgehead atoms. The van der Waals surface area contributed by atoms with Gasteiger partial charge in [0.25, 0.3) is 0 Å². The molecule has 6 nitrogen and oxygen atoms in total. The van der Waals surface area contributed by atoms with Crippen molar-refractivity contribution in [1.82, 2.24) is 15.5 Å². The highest BCUT2D eigenvalue weighted by molar-refractivity contribution is 5.75. The van der Waals surface area contributed by atoms with Crippen molar-refractivity contribution >= 4 is 5.91 Å². The van der Waals surface area contributed by atoms with E-state index in [1.807, 2.05) is 36.4 Å². The minimum absolute atomic E-state index is 0.0368. The van der Waals surface area contributed by atoms with Crippen molar-refractivity contribution in [3.05, 3.63) is 102 Å². The van der Waals surface area contributed by atoms with Crippen LogP contribution in [-0.2, 0) is 11.2 Å². The van der Waals surface area contributed by atoms with E-state index in [0.29, 0.717) is 37.5 Å². The predicted molar refractivity (Wildman–Crippen MR) is 132 cm³/mol. The molecule has 0 aliphatic carbocycles. The molecular weight excluding hydrogens is 426 g/mol. The molecule has 0 spiro atoms. The Kier molecular flexibility index (Phi) is 8.06. The summed E-state index contributed by atoms with van der Waals surface area (Å²) in [4.78, 5) is 16.8. The van der Waals surface area contributed by atoms with Crippen molar-refractivity contribution < 1.29 is 14.1 Å². The highest BCUT2D eigenvalue weighted by Gasteiger charge is 2.14. The fourth-order valence-electron chi connectivity index (χ4n) is 3.95. The molecule has 174 valence electrons. The smallest absolute Gasteiger partial charge is 0.226 e. The van der Waals surface area contributed by atoms with E-state index in [-0.39, 0.29) is 11.8 Å². The molecule has 0 saturated heterocycles. The molecule has 0 aliphatic heterocycles. The van der Waals surface area contributed by atoms with Crippen LogP contribution < -0.4 is 10.1 Å². The van der Waals surface area contributed by atoms with E-state index >= 15 is 0 Å². The molecular formula is C28H29N3O3. The Morgan fingerprint density at radius 3 is 2.21 bits per heavy atom. The van der Waals surface area contributed by atoms with Gasteiger partial charge in [-0.1, -0.05) is 65.8 Å². The largest absolute Gasteiger partial charge is 0.497 e. The van der Waals surface area contributed by atoms with Crippen molar-refractivity contribution in [3.8, 4) is 17.1 Å². The number of amides is 1. The highest BCUT2D eigenvalue weighted by atomic mass is 16.5. The number of benzene rings is 3. The minimum Gasteiger partial charge on any atom is -0.497 e. The van der Waals surface area contributed by atoms with Gasteiger partial charge in [-0.3, -0.25) is 4.79 Å². The third-order valence-corrected chi connectivity index (χ3v) is 5.77. The average molecular weight is 456 g/mol. The second-order valence-corrected chi connectivity index (χ2v) is 8.11. The van der Waals surface area contributed by atoms with Gasteiger partial charge >= 0.3 is 0 Å². The average Bonchev–Trinajstić information content (AvgIpc) is 3.37. The summed E-state index contributed by atoms with van der Waals surface area (Å²) in [6, 6.07) is 28.3. The maximum Gasteiger partial charge on any atom is 0.226 e. The first-order chi connectivity index (χ1) is 16.7. The van der Waals surface area contributed by atoms with E-state index in [1.54, 1.807) is 7.11 Å². The summed E-state index contributed by atoms with van der Waals surface area (Å²) in [6.45, 7) is 0.620. The third-order valence-electron chi connectivity index (χ3n) is 5.77. The quantitative estimate of drug-likeness (QED) is 0.327. The summed E-state index contributed by atoms with van der Waals surface area (Å²) in [5, 5.41) is 7.10. The molecule has 6 heteroatoms. The highest BCUT2D eigenvalue weighted by Crippen LogP contribution is 2.27. The van der Waals surface area contributed by atoms with Gasteiger partial charge in [0.05, 0.1) is 7.11 Å². The van der Waals surface area contributed by atoms with Crippen LogP contribution in [0.2, 0.25) is 0 Å². The number of ether oxygens (including phenoxy) is 1. The standard InChI is InChI=1S/C28H29N3O3/c1-33-24-17-15-23(16-18-24)28-30-27(34-31-28)14-8-13-26(32)29-20-19-25(21-9-4-2-5-10-21)22-11-6-3-7-12-22/h2-7,9-12,15-18,25H,8,13-14,19-20H2,1H3,(H,29,32). The normalized spacial score (nSPS) is 10.9. The van der Waals surface area contributed by atoms with E-state index in [2.05, 4.69) is 64.0 Å². The van der Waals surface area contributed by atoms with Crippen molar-refractivity contribution in [2.75, 3.05) is 13.7 Å². The topological polar surface area (TPSA) is 77.2 Å². The number of rotatable bonds is 11. The van der Waals surface area contributed by atoms with Gasteiger partial charge in [0.1, 0.15) is 5.75 Å². The fourth-order valence-corrected chi connectivity index (χ4v) is 3.95. The first-order valence-corrected chi connectivity index (χ1v) is 11.6. The van der Waals surface area contributed by atoms with Crippen molar-refractivity contribution in [1.29, 1.82) is 0 Å². The molecule has 0 fully saturated rings. The number of carbonyl (C=O) groups is 1. The Morgan fingerprint density at radius 2 is 1.59 bits per heavy atom. The number of carbonyl (C=O) groups excluding carboxylic acids is 1. The molecule has 1 heterocycles. The Hall–Kier alpha value is -3.93. The summed E-state index contributed by atoms with van der Waals surface area (Å²) in [6.07, 6.45) is 2.47. The molecule has 0 saturated carbocycles. The summed E-state index contributed by atoms with van der Waals surface area (Å²) in [5.74, 6) is 2.13. The first kappa shape index (κ1) is 23.2. The maximum atomic E-state index is 12.4. The Morgan fingerprint density at radius 1 is 0.941 bits per heavy atom. The summed E-state index contributed by atoms with van der Waals surface area (Å²) < 4.78 is 10.5. The number of aromatic nitrogens is 2. The molecule has 1 aromatic heterocycles. The lowest BCUT2D eigenvalue weighted by Crippen LogP contribution is -2.25. The molecule has 4 rings (SSSR count). The van der Waals surface area contributed by atoms with Crippen LogP contribution in [0.1, 0.15) is 42.2 Å². The number of methoxy groups -OCH3 is 1. The van der Waals surface area contributed by atoms with E-state index in [0.717, 1.165) is 17.7 Å². The van der Waals surface area contributed by atoms with Gasteiger partial charge in [-0.15, -0.1) is 0 Å². The SMILES string of the molecule is COc1ccc(-c2noc(CCCC(=O)NCCC(c3ccccc3)c3ccccc3)n2)cc1. The predicted octanol–water partition coefficient (Wildman–Crippen LogP) is 5.41. The van der Waals surface area contributed by atoms with Crippen molar-refractivity contribution in [2.45, 2.75) is 31.6 Å². The second kappa shape index (κ2) is 11.8. The third kappa shape index (κ3) is 6.32. The van der Waals surface area contributed by atoms with Gasteiger partial charge < -0.3 is 14.6 Å². The lowest BCUT2D eigenvalue weighted by atomic mass is 9.88. The number of nitrogens with one attached hydrogen (secondary N) is 1. The van der Waals surface area contributed by atoms with Crippen molar-refractivity contribution in [3.63, 3.8) is 0 Å². The Labute approximate surface area is 200 Å². The number of aryl methyl sites for hydroxylation is 1. The van der Waals surface area contributed by atoms with Gasteiger partial charge in [0.15, 0.2) is 0 Å². The van der Waals surface area contributed by atoms with Gasteiger partial charge in [0.2, 0.25) is 17.6 Å². The van der Waals surface area contributed by atoms with Gasteiger partial charge in [0, 0.05) is 30.9 Å². The van der Waals surface area contributed by atoms with E-state index < -0.39 is 0 Å². The van der Waals surface area contributed by atoms with E-state index in [9.17, 15) is 4.79 Å². The Bertz CT molecular complexity index is 1120. The second-order valence-electron chi connectivity index (χ2n) is 8.11. The van der Waals surface area contributed by atoms with Crippen LogP contribution in [-0.4, -0.2) is 29.7 Å².